The Bertz CT molecular complexity index is 502. The van der Waals surface area contributed by atoms with E-state index in [0.29, 0.717) is 19.6 Å². The van der Waals surface area contributed by atoms with Crippen LogP contribution in [0.5, 0.6) is 0 Å². The molecule has 1 aromatic rings. The molecule has 1 rings (SSSR count). The van der Waals surface area contributed by atoms with Crippen LogP contribution >= 0.6 is 0 Å². The maximum Gasteiger partial charge on any atom is 0.220 e. The molecule has 0 radical (unpaired) electrons. The van der Waals surface area contributed by atoms with E-state index in [4.69, 9.17) is 9.84 Å². The van der Waals surface area contributed by atoms with E-state index in [1.807, 2.05) is 38.1 Å². The van der Waals surface area contributed by atoms with Crippen molar-refractivity contribution in [3.05, 3.63) is 35.4 Å². The quantitative estimate of drug-likeness (QED) is 0.596. The SMILES string of the molecule is CCOCCCC(=O)NC(C)c1cccc(C#CCO)c1. The van der Waals surface area contributed by atoms with Crippen LogP contribution < -0.4 is 5.32 Å². The average molecular weight is 289 g/mol. The lowest BCUT2D eigenvalue weighted by molar-refractivity contribution is -0.122. The smallest absolute Gasteiger partial charge is 0.220 e. The highest BCUT2D eigenvalue weighted by molar-refractivity contribution is 5.76. The molecule has 0 bridgehead atoms. The third kappa shape index (κ3) is 6.94. The van der Waals surface area contributed by atoms with Gasteiger partial charge in [0.15, 0.2) is 0 Å². The number of hydrogen-bond donors (Lipinski definition) is 2. The van der Waals surface area contributed by atoms with E-state index in [9.17, 15) is 4.79 Å². The minimum absolute atomic E-state index is 0.0223. The molecular weight excluding hydrogens is 266 g/mol. The summed E-state index contributed by atoms with van der Waals surface area (Å²) in [4.78, 5) is 11.8. The van der Waals surface area contributed by atoms with Gasteiger partial charge in [-0.25, -0.2) is 0 Å². The summed E-state index contributed by atoms with van der Waals surface area (Å²) in [5.41, 5.74) is 1.83. The number of nitrogens with one attached hydrogen (secondary N) is 1. The molecule has 1 unspecified atom stereocenters. The summed E-state index contributed by atoms with van der Waals surface area (Å²) in [6, 6.07) is 7.58. The molecule has 1 amide bonds. The predicted molar refractivity (Wildman–Crippen MR) is 82.7 cm³/mol. The molecule has 0 spiro atoms. The van der Waals surface area contributed by atoms with Gasteiger partial charge in [-0.2, -0.15) is 0 Å². The van der Waals surface area contributed by atoms with Crippen LogP contribution in [0.15, 0.2) is 24.3 Å². The molecule has 0 heterocycles. The number of amides is 1. The van der Waals surface area contributed by atoms with E-state index in [2.05, 4.69) is 17.2 Å². The molecule has 1 atom stereocenters. The van der Waals surface area contributed by atoms with Crippen molar-refractivity contribution in [1.29, 1.82) is 0 Å². The maximum atomic E-state index is 11.8. The zero-order valence-electron chi connectivity index (χ0n) is 12.7. The van der Waals surface area contributed by atoms with E-state index in [1.54, 1.807) is 0 Å². The number of ether oxygens (including phenoxy) is 1. The van der Waals surface area contributed by atoms with Crippen LogP contribution in [-0.4, -0.2) is 30.8 Å². The van der Waals surface area contributed by atoms with Crippen LogP contribution in [0.1, 0.15) is 43.9 Å². The summed E-state index contributed by atoms with van der Waals surface area (Å²) in [5.74, 6) is 5.50. The Balaban J connectivity index is 2.51. The first-order valence-corrected chi connectivity index (χ1v) is 7.24. The highest BCUT2D eigenvalue weighted by Gasteiger charge is 2.09. The molecule has 114 valence electrons. The summed E-state index contributed by atoms with van der Waals surface area (Å²) in [7, 11) is 0. The Morgan fingerprint density at radius 3 is 3.00 bits per heavy atom. The second-order valence-electron chi connectivity index (χ2n) is 4.68. The predicted octanol–water partition coefficient (Wildman–Crippen LogP) is 2.02. The van der Waals surface area contributed by atoms with E-state index in [-0.39, 0.29) is 18.6 Å². The normalized spacial score (nSPS) is 11.4. The molecule has 1 aromatic carbocycles. The van der Waals surface area contributed by atoms with Gasteiger partial charge in [0.05, 0.1) is 6.04 Å². The van der Waals surface area contributed by atoms with Gasteiger partial charge in [-0.1, -0.05) is 24.0 Å². The van der Waals surface area contributed by atoms with Gasteiger partial charge in [-0.15, -0.1) is 0 Å². The van der Waals surface area contributed by atoms with Gasteiger partial charge in [0, 0.05) is 25.2 Å². The van der Waals surface area contributed by atoms with Crippen molar-refractivity contribution in [1.82, 2.24) is 5.32 Å². The number of hydrogen-bond acceptors (Lipinski definition) is 3. The van der Waals surface area contributed by atoms with Crippen LogP contribution in [0.4, 0.5) is 0 Å². The molecule has 0 saturated carbocycles. The van der Waals surface area contributed by atoms with Crippen molar-refractivity contribution in [2.24, 2.45) is 0 Å². The van der Waals surface area contributed by atoms with Crippen LogP contribution in [0.25, 0.3) is 0 Å². The summed E-state index contributed by atoms with van der Waals surface area (Å²) in [5, 5.41) is 11.7. The monoisotopic (exact) mass is 289 g/mol. The minimum atomic E-state index is -0.156. The topological polar surface area (TPSA) is 58.6 Å². The second-order valence-corrected chi connectivity index (χ2v) is 4.68. The molecule has 0 fully saturated rings. The summed E-state index contributed by atoms with van der Waals surface area (Å²) in [6.07, 6.45) is 1.20. The Morgan fingerprint density at radius 2 is 2.29 bits per heavy atom. The number of benzene rings is 1. The van der Waals surface area contributed by atoms with Crippen LogP contribution in [-0.2, 0) is 9.53 Å². The Labute approximate surface area is 126 Å². The van der Waals surface area contributed by atoms with Gasteiger partial charge in [-0.3, -0.25) is 4.79 Å². The molecule has 4 heteroatoms. The van der Waals surface area contributed by atoms with Gasteiger partial charge in [0.25, 0.3) is 0 Å². The number of aliphatic hydroxyl groups is 1. The Morgan fingerprint density at radius 1 is 1.48 bits per heavy atom. The van der Waals surface area contributed by atoms with E-state index in [1.165, 1.54) is 0 Å². The minimum Gasteiger partial charge on any atom is -0.384 e. The van der Waals surface area contributed by atoms with Crippen molar-refractivity contribution >= 4 is 5.91 Å². The van der Waals surface area contributed by atoms with Gasteiger partial charge in [0.1, 0.15) is 6.61 Å². The van der Waals surface area contributed by atoms with Gasteiger partial charge in [-0.05, 0) is 38.0 Å². The third-order valence-electron chi connectivity index (χ3n) is 2.97. The van der Waals surface area contributed by atoms with Crippen molar-refractivity contribution in [2.75, 3.05) is 19.8 Å². The molecule has 0 aliphatic carbocycles. The Hall–Kier alpha value is -1.83. The summed E-state index contributed by atoms with van der Waals surface area (Å²) in [6.45, 7) is 5.02. The number of carbonyl (C=O) groups excluding carboxylic acids is 1. The van der Waals surface area contributed by atoms with Crippen molar-refractivity contribution < 1.29 is 14.6 Å². The van der Waals surface area contributed by atoms with E-state index >= 15 is 0 Å². The molecule has 4 nitrogen and oxygen atoms in total. The standard InChI is InChI=1S/C17H23NO3/c1-3-21-12-6-10-17(20)18-14(2)16-9-4-7-15(13-16)8-5-11-19/h4,7,9,13-14,19H,3,6,10-12H2,1-2H3,(H,18,20). The molecule has 2 N–H and O–H groups in total. The first-order chi connectivity index (χ1) is 10.2. The van der Waals surface area contributed by atoms with Crippen LogP contribution in [0.2, 0.25) is 0 Å². The number of aliphatic hydroxyl groups excluding tert-OH is 1. The molecule has 0 aliphatic rings. The van der Waals surface area contributed by atoms with Crippen molar-refractivity contribution in [2.45, 2.75) is 32.7 Å². The summed E-state index contributed by atoms with van der Waals surface area (Å²) < 4.78 is 5.21. The average Bonchev–Trinajstić information content (AvgIpc) is 2.50. The lowest BCUT2D eigenvalue weighted by Crippen LogP contribution is -2.26. The lowest BCUT2D eigenvalue weighted by atomic mass is 10.1. The highest BCUT2D eigenvalue weighted by atomic mass is 16.5. The van der Waals surface area contributed by atoms with Crippen molar-refractivity contribution in [3.63, 3.8) is 0 Å². The maximum absolute atomic E-state index is 11.8. The van der Waals surface area contributed by atoms with Gasteiger partial charge in [0.2, 0.25) is 5.91 Å². The fourth-order valence-corrected chi connectivity index (χ4v) is 1.90. The van der Waals surface area contributed by atoms with E-state index < -0.39 is 0 Å². The van der Waals surface area contributed by atoms with Crippen molar-refractivity contribution in [3.8, 4) is 11.8 Å². The highest BCUT2D eigenvalue weighted by Crippen LogP contribution is 2.14. The van der Waals surface area contributed by atoms with Gasteiger partial charge < -0.3 is 15.2 Å². The summed E-state index contributed by atoms with van der Waals surface area (Å²) >= 11 is 0. The van der Waals surface area contributed by atoms with E-state index in [0.717, 1.165) is 17.5 Å². The molecule has 0 aliphatic heterocycles. The zero-order valence-corrected chi connectivity index (χ0v) is 12.7. The molecular formula is C17H23NO3. The first-order valence-electron chi connectivity index (χ1n) is 7.24. The third-order valence-corrected chi connectivity index (χ3v) is 2.97. The van der Waals surface area contributed by atoms with Gasteiger partial charge >= 0.3 is 0 Å². The van der Waals surface area contributed by atoms with Crippen LogP contribution in [0, 0.1) is 11.8 Å². The largest absolute Gasteiger partial charge is 0.384 e. The lowest BCUT2D eigenvalue weighted by Gasteiger charge is -2.14. The van der Waals surface area contributed by atoms with Crippen LogP contribution in [0.3, 0.4) is 0 Å². The fourth-order valence-electron chi connectivity index (χ4n) is 1.90. The fraction of sp³-hybridized carbons (Fsp3) is 0.471. The second kappa shape index (κ2) is 9.98. The number of rotatable bonds is 7. The molecule has 0 saturated heterocycles. The first kappa shape index (κ1) is 17.2. The Kier molecular flexibility index (Phi) is 8.18. The molecule has 21 heavy (non-hydrogen) atoms. The zero-order chi connectivity index (χ0) is 15.5. The molecule has 0 aromatic heterocycles. The number of carbonyl (C=O) groups is 1.